The maximum absolute atomic E-state index is 11.9. The molecule has 15 heavy (non-hydrogen) atoms. The summed E-state index contributed by atoms with van der Waals surface area (Å²) < 4.78 is 24.4. The Morgan fingerprint density at radius 2 is 2.13 bits per heavy atom. The van der Waals surface area contributed by atoms with E-state index in [0.29, 0.717) is 4.34 Å². The van der Waals surface area contributed by atoms with E-state index in [1.807, 2.05) is 0 Å². The molecule has 1 aromatic rings. The van der Waals surface area contributed by atoms with E-state index < -0.39 is 15.1 Å². The van der Waals surface area contributed by atoms with Gasteiger partial charge in [0, 0.05) is 6.42 Å². The highest BCUT2D eigenvalue weighted by Gasteiger charge is 2.25. The molecule has 0 N–H and O–H groups in total. The second-order valence-electron chi connectivity index (χ2n) is 3.32. The fourth-order valence-electron chi connectivity index (χ4n) is 1.16. The highest BCUT2D eigenvalue weighted by Crippen LogP contribution is 2.29. The first-order chi connectivity index (χ1) is 6.84. The summed E-state index contributed by atoms with van der Waals surface area (Å²) in [5.74, 6) is -0.131. The zero-order valence-electron chi connectivity index (χ0n) is 8.36. The Morgan fingerprint density at radius 3 is 2.53 bits per heavy atom. The number of rotatable bonds is 4. The van der Waals surface area contributed by atoms with Crippen LogP contribution in [0.2, 0.25) is 4.34 Å². The smallest absolute Gasteiger partial charge is 0.190 e. The molecule has 0 fully saturated rings. The second-order valence-corrected chi connectivity index (χ2v) is 7.63. The predicted molar refractivity (Wildman–Crippen MR) is 61.3 cm³/mol. The normalized spacial score (nSPS) is 13.8. The quantitative estimate of drug-likeness (QED) is 0.842. The van der Waals surface area contributed by atoms with Crippen molar-refractivity contribution in [1.82, 2.24) is 0 Å². The van der Waals surface area contributed by atoms with Gasteiger partial charge in [0.2, 0.25) is 0 Å². The second kappa shape index (κ2) is 4.63. The zero-order chi connectivity index (χ0) is 11.6. The van der Waals surface area contributed by atoms with Crippen LogP contribution < -0.4 is 0 Å². The average molecular weight is 267 g/mol. The summed E-state index contributed by atoms with van der Waals surface area (Å²) in [6, 6.07) is 3.01. The van der Waals surface area contributed by atoms with Crippen LogP contribution in [0.4, 0.5) is 0 Å². The molecule has 0 radical (unpaired) electrons. The fourth-order valence-corrected chi connectivity index (χ4v) is 4.41. The molecule has 1 heterocycles. The van der Waals surface area contributed by atoms with Crippen LogP contribution in [0.25, 0.3) is 0 Å². The maximum atomic E-state index is 11.9. The molecule has 0 aliphatic carbocycles. The van der Waals surface area contributed by atoms with E-state index in [1.165, 1.54) is 19.9 Å². The highest BCUT2D eigenvalue weighted by molar-refractivity contribution is 7.94. The van der Waals surface area contributed by atoms with Gasteiger partial charge in [-0.3, -0.25) is 4.79 Å². The van der Waals surface area contributed by atoms with Gasteiger partial charge in [0.15, 0.2) is 9.84 Å². The molecule has 6 heteroatoms. The minimum atomic E-state index is -3.40. The minimum Gasteiger partial charge on any atom is -0.300 e. The Hall–Kier alpha value is -0.390. The van der Waals surface area contributed by atoms with Crippen LogP contribution in [-0.2, 0) is 14.6 Å². The van der Waals surface area contributed by atoms with Gasteiger partial charge in [0.05, 0.1) is 9.59 Å². The molecule has 1 atom stereocenters. The molecule has 0 saturated heterocycles. The van der Waals surface area contributed by atoms with Gasteiger partial charge >= 0.3 is 0 Å². The summed E-state index contributed by atoms with van der Waals surface area (Å²) in [7, 11) is -3.40. The molecular weight excluding hydrogens is 256 g/mol. The van der Waals surface area contributed by atoms with Gasteiger partial charge in [0.1, 0.15) is 9.99 Å². The standard InChI is InChI=1S/C9H11ClO3S2/c1-6(11)5-7(2)15(12,13)9-4-3-8(10)14-9/h3-4,7H,5H2,1-2H3. The van der Waals surface area contributed by atoms with Crippen LogP contribution in [0.5, 0.6) is 0 Å². The van der Waals surface area contributed by atoms with Crippen LogP contribution in [0.1, 0.15) is 20.3 Å². The number of carbonyl (C=O) groups is 1. The van der Waals surface area contributed by atoms with E-state index in [4.69, 9.17) is 11.6 Å². The highest BCUT2D eigenvalue weighted by atomic mass is 35.5. The Bertz CT molecular complexity index is 461. The van der Waals surface area contributed by atoms with E-state index in [2.05, 4.69) is 0 Å². The summed E-state index contributed by atoms with van der Waals surface area (Å²) in [6.45, 7) is 2.91. The fraction of sp³-hybridized carbons (Fsp3) is 0.444. The van der Waals surface area contributed by atoms with Crippen LogP contribution in [0.3, 0.4) is 0 Å². The lowest BCUT2D eigenvalue weighted by Crippen LogP contribution is -2.19. The Balaban J connectivity index is 2.98. The summed E-state index contributed by atoms with van der Waals surface area (Å²) in [5, 5.41) is -0.690. The van der Waals surface area contributed by atoms with Gasteiger partial charge in [0.25, 0.3) is 0 Å². The van der Waals surface area contributed by atoms with Crippen molar-refractivity contribution in [1.29, 1.82) is 0 Å². The third-order valence-corrected chi connectivity index (χ3v) is 5.83. The Labute approximate surface area is 98.0 Å². The Kier molecular flexibility index (Phi) is 3.92. The number of sulfone groups is 1. The van der Waals surface area contributed by atoms with Crippen molar-refractivity contribution in [3.8, 4) is 0 Å². The molecular formula is C9H11ClO3S2. The predicted octanol–water partition coefficient (Wildman–Crippen LogP) is 2.54. The number of carbonyl (C=O) groups excluding carboxylic acids is 1. The van der Waals surface area contributed by atoms with Crippen LogP contribution in [0.15, 0.2) is 16.3 Å². The number of halogens is 1. The first kappa shape index (κ1) is 12.7. The molecule has 0 aliphatic heterocycles. The number of hydrogen-bond acceptors (Lipinski definition) is 4. The van der Waals surface area contributed by atoms with Crippen molar-refractivity contribution in [3.05, 3.63) is 16.5 Å². The lowest BCUT2D eigenvalue weighted by Gasteiger charge is -2.08. The molecule has 1 unspecified atom stereocenters. The lowest BCUT2D eigenvalue weighted by molar-refractivity contribution is -0.116. The number of ketones is 1. The summed E-state index contributed by atoms with van der Waals surface area (Å²) in [6.07, 6.45) is 0.0395. The molecule has 0 bridgehead atoms. The van der Waals surface area contributed by atoms with Gasteiger partial charge in [-0.25, -0.2) is 8.42 Å². The zero-order valence-corrected chi connectivity index (χ0v) is 10.7. The van der Waals surface area contributed by atoms with Crippen molar-refractivity contribution in [2.24, 2.45) is 0 Å². The lowest BCUT2D eigenvalue weighted by atomic mass is 10.2. The molecule has 0 aromatic carbocycles. The first-order valence-electron chi connectivity index (χ1n) is 4.32. The molecule has 3 nitrogen and oxygen atoms in total. The van der Waals surface area contributed by atoms with E-state index in [9.17, 15) is 13.2 Å². The van der Waals surface area contributed by atoms with Crippen molar-refractivity contribution in [3.63, 3.8) is 0 Å². The van der Waals surface area contributed by atoms with Gasteiger partial charge in [-0.05, 0) is 26.0 Å². The van der Waals surface area contributed by atoms with Crippen molar-refractivity contribution < 1.29 is 13.2 Å². The Morgan fingerprint density at radius 1 is 1.53 bits per heavy atom. The monoisotopic (exact) mass is 266 g/mol. The van der Waals surface area contributed by atoms with E-state index in [0.717, 1.165) is 11.3 Å². The largest absolute Gasteiger partial charge is 0.300 e. The molecule has 1 aromatic heterocycles. The van der Waals surface area contributed by atoms with Gasteiger partial charge < -0.3 is 0 Å². The molecule has 1 rings (SSSR count). The first-order valence-corrected chi connectivity index (χ1v) is 7.07. The summed E-state index contributed by atoms with van der Waals surface area (Å²) in [5.41, 5.74) is 0. The topological polar surface area (TPSA) is 51.2 Å². The van der Waals surface area contributed by atoms with Crippen LogP contribution >= 0.6 is 22.9 Å². The third kappa shape index (κ3) is 3.03. The molecule has 84 valence electrons. The van der Waals surface area contributed by atoms with E-state index >= 15 is 0 Å². The summed E-state index contributed by atoms with van der Waals surface area (Å²) >= 11 is 6.68. The maximum Gasteiger partial charge on any atom is 0.190 e. The van der Waals surface area contributed by atoms with E-state index in [1.54, 1.807) is 6.07 Å². The number of Topliss-reactive ketones (excluding diaryl/α,β-unsaturated/α-hetero) is 1. The number of thiophene rings is 1. The van der Waals surface area contributed by atoms with Gasteiger partial charge in [-0.15, -0.1) is 11.3 Å². The molecule has 0 saturated carbocycles. The van der Waals surface area contributed by atoms with Crippen molar-refractivity contribution in [2.45, 2.75) is 29.7 Å². The van der Waals surface area contributed by atoms with Crippen molar-refractivity contribution in [2.75, 3.05) is 0 Å². The summed E-state index contributed by atoms with van der Waals surface area (Å²) in [4.78, 5) is 10.9. The molecule has 0 amide bonds. The van der Waals surface area contributed by atoms with Crippen LogP contribution in [-0.4, -0.2) is 19.5 Å². The average Bonchev–Trinajstić information content (AvgIpc) is 2.50. The number of hydrogen-bond donors (Lipinski definition) is 0. The SMILES string of the molecule is CC(=O)CC(C)S(=O)(=O)c1ccc(Cl)s1. The molecule has 0 spiro atoms. The minimum absolute atomic E-state index is 0.0395. The van der Waals surface area contributed by atoms with E-state index in [-0.39, 0.29) is 16.4 Å². The van der Waals surface area contributed by atoms with Gasteiger partial charge in [-0.1, -0.05) is 11.6 Å². The van der Waals surface area contributed by atoms with Crippen LogP contribution in [0, 0.1) is 0 Å². The molecule has 0 aliphatic rings. The third-order valence-electron chi connectivity index (χ3n) is 1.93. The van der Waals surface area contributed by atoms with Gasteiger partial charge in [-0.2, -0.15) is 0 Å². The van der Waals surface area contributed by atoms with Crippen molar-refractivity contribution >= 4 is 38.6 Å².